The van der Waals surface area contributed by atoms with E-state index in [0.717, 1.165) is 24.3 Å². The van der Waals surface area contributed by atoms with Crippen LogP contribution in [-0.2, 0) is 11.2 Å². The molecule has 0 atom stereocenters. The van der Waals surface area contributed by atoms with Crippen molar-refractivity contribution in [2.24, 2.45) is 0 Å². The van der Waals surface area contributed by atoms with Crippen LogP contribution < -0.4 is 10.1 Å². The Morgan fingerprint density at radius 1 is 1.00 bits per heavy atom. The second-order valence-electron chi connectivity index (χ2n) is 9.35. The van der Waals surface area contributed by atoms with E-state index in [4.69, 9.17) is 4.74 Å². The Morgan fingerprint density at radius 3 is 2.14 bits per heavy atom. The van der Waals surface area contributed by atoms with Crippen molar-refractivity contribution in [3.05, 3.63) is 29.8 Å². The number of benzene rings is 1. The SMILES string of the molecule is CC(=O)NC(CO)(CO)CCc1ccc(OCCCCCCC[Si](C)(C)C)cc1. The molecule has 5 nitrogen and oxygen atoms in total. The number of carbonyl (C=O) groups excluding carboxylic acids is 1. The predicted molar refractivity (Wildman–Crippen MR) is 122 cm³/mol. The van der Waals surface area contributed by atoms with Gasteiger partial charge in [-0.15, -0.1) is 0 Å². The van der Waals surface area contributed by atoms with Crippen molar-refractivity contribution in [2.75, 3.05) is 19.8 Å². The summed E-state index contributed by atoms with van der Waals surface area (Å²) in [4.78, 5) is 11.3. The molecule has 0 unspecified atom stereocenters. The van der Waals surface area contributed by atoms with Crippen LogP contribution in [0, 0.1) is 0 Å². The van der Waals surface area contributed by atoms with Gasteiger partial charge in [0.2, 0.25) is 5.91 Å². The first-order valence-electron chi connectivity index (χ1n) is 10.9. The molecule has 0 spiro atoms. The van der Waals surface area contributed by atoms with E-state index in [1.165, 1.54) is 38.7 Å². The lowest BCUT2D eigenvalue weighted by atomic mass is 9.92. The summed E-state index contributed by atoms with van der Waals surface area (Å²) in [5.74, 6) is 0.609. The lowest BCUT2D eigenvalue weighted by Crippen LogP contribution is -2.53. The second kappa shape index (κ2) is 13.0. The molecule has 1 amide bonds. The zero-order chi connectivity index (χ0) is 21.8. The lowest BCUT2D eigenvalue weighted by molar-refractivity contribution is -0.122. The van der Waals surface area contributed by atoms with Gasteiger partial charge in [-0.3, -0.25) is 4.79 Å². The fourth-order valence-corrected chi connectivity index (χ4v) is 4.65. The van der Waals surface area contributed by atoms with E-state index in [9.17, 15) is 15.0 Å². The number of rotatable bonds is 15. The molecule has 0 saturated carbocycles. The Labute approximate surface area is 177 Å². The molecular weight excluding hydrogens is 382 g/mol. The Kier molecular flexibility index (Phi) is 11.5. The number of amides is 1. The second-order valence-corrected chi connectivity index (χ2v) is 15.0. The normalized spacial score (nSPS) is 12.1. The predicted octanol–water partition coefficient (Wildman–Crippen LogP) is 4.15. The molecule has 0 saturated heterocycles. The molecule has 166 valence electrons. The molecule has 6 heteroatoms. The van der Waals surface area contributed by atoms with Crippen LogP contribution >= 0.6 is 0 Å². The van der Waals surface area contributed by atoms with Gasteiger partial charge in [-0.1, -0.05) is 63.5 Å². The molecule has 0 aliphatic carbocycles. The van der Waals surface area contributed by atoms with Crippen LogP contribution in [0.5, 0.6) is 5.75 Å². The minimum atomic E-state index is -0.976. The van der Waals surface area contributed by atoms with Crippen molar-refractivity contribution in [3.8, 4) is 5.75 Å². The monoisotopic (exact) mass is 423 g/mol. The number of unbranched alkanes of at least 4 members (excludes halogenated alkanes) is 4. The van der Waals surface area contributed by atoms with E-state index < -0.39 is 13.6 Å². The number of carbonyl (C=O) groups is 1. The van der Waals surface area contributed by atoms with E-state index in [-0.39, 0.29) is 19.1 Å². The minimum Gasteiger partial charge on any atom is -0.494 e. The van der Waals surface area contributed by atoms with Gasteiger partial charge in [0.15, 0.2) is 0 Å². The van der Waals surface area contributed by atoms with Crippen LogP contribution in [0.4, 0.5) is 0 Å². The third-order valence-electron chi connectivity index (χ3n) is 5.20. The average Bonchev–Trinajstić information content (AvgIpc) is 2.67. The minimum absolute atomic E-state index is 0.257. The summed E-state index contributed by atoms with van der Waals surface area (Å²) in [5, 5.41) is 21.8. The van der Waals surface area contributed by atoms with Gasteiger partial charge in [0.1, 0.15) is 5.75 Å². The topological polar surface area (TPSA) is 78.8 Å². The molecule has 1 rings (SSSR count). The van der Waals surface area contributed by atoms with Crippen LogP contribution in [0.1, 0.15) is 51.0 Å². The third-order valence-corrected chi connectivity index (χ3v) is 7.06. The van der Waals surface area contributed by atoms with Crippen molar-refractivity contribution in [3.63, 3.8) is 0 Å². The summed E-state index contributed by atoms with van der Waals surface area (Å²) in [5.41, 5.74) is 0.104. The summed E-state index contributed by atoms with van der Waals surface area (Å²) >= 11 is 0. The van der Waals surface area contributed by atoms with Crippen LogP contribution in [-0.4, -0.2) is 49.6 Å². The first-order valence-corrected chi connectivity index (χ1v) is 14.6. The molecule has 1 aromatic carbocycles. The maximum Gasteiger partial charge on any atom is 0.217 e. The van der Waals surface area contributed by atoms with Crippen LogP contribution in [0.2, 0.25) is 25.7 Å². The standard InChI is InChI=1S/C23H41NO4Si/c1-20(27)24-23(18-25,19-26)15-14-21-10-12-22(13-11-21)28-16-8-6-5-7-9-17-29(2,3)4/h10-13,25-26H,5-9,14-19H2,1-4H3,(H,24,27). The van der Waals surface area contributed by atoms with Gasteiger partial charge in [0.05, 0.1) is 25.4 Å². The highest BCUT2D eigenvalue weighted by Gasteiger charge is 2.29. The van der Waals surface area contributed by atoms with Crippen molar-refractivity contribution < 1.29 is 19.7 Å². The van der Waals surface area contributed by atoms with E-state index in [0.29, 0.717) is 12.8 Å². The molecule has 0 heterocycles. The van der Waals surface area contributed by atoms with Gasteiger partial charge < -0.3 is 20.3 Å². The Bertz CT molecular complexity index is 580. The zero-order valence-electron chi connectivity index (χ0n) is 18.8. The fraction of sp³-hybridized carbons (Fsp3) is 0.696. The van der Waals surface area contributed by atoms with Crippen molar-refractivity contribution >= 4 is 14.0 Å². The molecular formula is C23H41NO4Si. The summed E-state index contributed by atoms with van der Waals surface area (Å²) in [6.07, 6.45) is 7.42. The summed E-state index contributed by atoms with van der Waals surface area (Å²) in [6, 6.07) is 9.35. The fourth-order valence-electron chi connectivity index (χ4n) is 3.34. The quantitative estimate of drug-likeness (QED) is 0.292. The van der Waals surface area contributed by atoms with E-state index >= 15 is 0 Å². The van der Waals surface area contributed by atoms with Crippen LogP contribution in [0.25, 0.3) is 0 Å². The van der Waals surface area contributed by atoms with Crippen LogP contribution in [0.15, 0.2) is 24.3 Å². The number of ether oxygens (including phenoxy) is 1. The van der Waals surface area contributed by atoms with Gasteiger partial charge in [0, 0.05) is 15.0 Å². The number of hydrogen-bond donors (Lipinski definition) is 3. The summed E-state index contributed by atoms with van der Waals surface area (Å²) in [6.45, 7) is 8.86. The van der Waals surface area contributed by atoms with Crippen molar-refractivity contribution in [2.45, 2.75) is 83.1 Å². The van der Waals surface area contributed by atoms with Gasteiger partial charge in [-0.2, -0.15) is 0 Å². The molecule has 0 radical (unpaired) electrons. The van der Waals surface area contributed by atoms with Crippen molar-refractivity contribution in [1.29, 1.82) is 0 Å². The number of nitrogens with one attached hydrogen (secondary N) is 1. The maximum atomic E-state index is 11.3. The number of aliphatic hydroxyl groups is 2. The highest BCUT2D eigenvalue weighted by molar-refractivity contribution is 6.76. The summed E-state index contributed by atoms with van der Waals surface area (Å²) < 4.78 is 5.83. The first kappa shape index (κ1) is 25.7. The zero-order valence-corrected chi connectivity index (χ0v) is 19.8. The molecule has 0 fully saturated rings. The molecule has 1 aromatic rings. The highest BCUT2D eigenvalue weighted by atomic mass is 28.3. The maximum absolute atomic E-state index is 11.3. The average molecular weight is 424 g/mol. The lowest BCUT2D eigenvalue weighted by Gasteiger charge is -2.30. The van der Waals surface area contributed by atoms with Crippen molar-refractivity contribution in [1.82, 2.24) is 5.32 Å². The number of aryl methyl sites for hydroxylation is 1. The summed E-state index contributed by atoms with van der Waals surface area (Å²) in [7, 11) is -0.878. The molecule has 3 N–H and O–H groups in total. The number of hydrogen-bond acceptors (Lipinski definition) is 4. The van der Waals surface area contributed by atoms with E-state index in [2.05, 4.69) is 25.0 Å². The van der Waals surface area contributed by atoms with Gasteiger partial charge in [0.25, 0.3) is 0 Å². The Morgan fingerprint density at radius 2 is 1.59 bits per heavy atom. The highest BCUT2D eigenvalue weighted by Crippen LogP contribution is 2.18. The van der Waals surface area contributed by atoms with Crippen LogP contribution in [0.3, 0.4) is 0 Å². The molecule has 0 aliphatic rings. The molecule has 0 aromatic heterocycles. The smallest absolute Gasteiger partial charge is 0.217 e. The van der Waals surface area contributed by atoms with Gasteiger partial charge in [-0.25, -0.2) is 0 Å². The number of aliphatic hydroxyl groups excluding tert-OH is 2. The molecule has 29 heavy (non-hydrogen) atoms. The van der Waals surface area contributed by atoms with E-state index in [1.54, 1.807) is 0 Å². The van der Waals surface area contributed by atoms with Gasteiger partial charge in [-0.05, 0) is 37.0 Å². The third kappa shape index (κ3) is 11.4. The van der Waals surface area contributed by atoms with E-state index in [1.807, 2.05) is 24.3 Å². The molecule has 0 bridgehead atoms. The largest absolute Gasteiger partial charge is 0.494 e. The van der Waals surface area contributed by atoms with Gasteiger partial charge >= 0.3 is 0 Å². The Balaban J connectivity index is 2.27. The first-order chi connectivity index (χ1) is 13.7. The Hall–Kier alpha value is -1.37. The molecule has 0 aliphatic heterocycles.